The highest BCUT2D eigenvalue weighted by Gasteiger charge is 2.17. The molecule has 0 radical (unpaired) electrons. The van der Waals surface area contributed by atoms with Crippen molar-refractivity contribution in [2.24, 2.45) is 0 Å². The molecule has 0 atom stereocenters. The summed E-state index contributed by atoms with van der Waals surface area (Å²) in [4.78, 5) is 0. The zero-order valence-corrected chi connectivity index (χ0v) is 17.9. The minimum Gasteiger partial charge on any atom is -0.505 e. The number of halogens is 1. The molecule has 3 aromatic carbocycles. The van der Waals surface area contributed by atoms with E-state index < -0.39 is 11.6 Å². The average Bonchev–Trinajstić information content (AvgIpc) is 2.75. The highest BCUT2D eigenvalue weighted by atomic mass is 19.1. The molecule has 0 saturated carbocycles. The van der Waals surface area contributed by atoms with Crippen LogP contribution in [-0.4, -0.2) is 31.0 Å². The molecule has 0 heterocycles. The van der Waals surface area contributed by atoms with Gasteiger partial charge in [0.05, 0.1) is 14.2 Å². The number of ether oxygens (including phenoxy) is 3. The van der Waals surface area contributed by atoms with Gasteiger partial charge in [-0.15, -0.1) is 0 Å². The third-order valence-corrected chi connectivity index (χ3v) is 4.78. The molecule has 0 aliphatic rings. The predicted molar refractivity (Wildman–Crippen MR) is 119 cm³/mol. The maximum absolute atomic E-state index is 13.9. The Hall–Kier alpha value is -3.67. The Labute approximate surface area is 181 Å². The number of benzene rings is 3. The van der Waals surface area contributed by atoms with Crippen molar-refractivity contribution in [1.29, 1.82) is 0 Å². The lowest BCUT2D eigenvalue weighted by molar-refractivity contribution is 0.335. The number of rotatable bonds is 7. The fourth-order valence-electron chi connectivity index (χ4n) is 3.13. The van der Waals surface area contributed by atoms with Crippen molar-refractivity contribution >= 4 is 0 Å². The standard InChI is InChI=1S/C25H25FO5/c1-15(2)9-10-31-23-8-6-17(12-22(23)28)19-14-24(29-3)18(13-25(19)30-4)16-5-7-21(27)20(26)11-16/h5-9,11-14,27-28H,10H2,1-4H3. The summed E-state index contributed by atoms with van der Waals surface area (Å²) in [6, 6.07) is 12.7. The van der Waals surface area contributed by atoms with Gasteiger partial charge in [0.15, 0.2) is 23.1 Å². The molecule has 0 bridgehead atoms. The predicted octanol–water partition coefficient (Wildman–Crippen LogP) is 5.93. The Balaban J connectivity index is 2.02. The number of phenols is 2. The first-order chi connectivity index (χ1) is 14.8. The normalized spacial score (nSPS) is 10.5. The van der Waals surface area contributed by atoms with Crippen LogP contribution < -0.4 is 14.2 Å². The molecule has 0 aliphatic carbocycles. The van der Waals surface area contributed by atoms with E-state index >= 15 is 0 Å². The van der Waals surface area contributed by atoms with Gasteiger partial charge >= 0.3 is 0 Å². The zero-order valence-electron chi connectivity index (χ0n) is 17.9. The molecule has 2 N–H and O–H groups in total. The third-order valence-electron chi connectivity index (χ3n) is 4.78. The number of phenolic OH excluding ortho intramolecular Hbond substituents is 2. The number of hydrogen-bond donors (Lipinski definition) is 2. The van der Waals surface area contributed by atoms with Crippen LogP contribution in [0, 0.1) is 5.82 Å². The Bertz CT molecular complexity index is 1120. The Morgan fingerprint density at radius 1 is 0.806 bits per heavy atom. The van der Waals surface area contributed by atoms with Crippen LogP contribution in [0.4, 0.5) is 4.39 Å². The van der Waals surface area contributed by atoms with E-state index in [9.17, 15) is 14.6 Å². The fourth-order valence-corrected chi connectivity index (χ4v) is 3.13. The lowest BCUT2D eigenvalue weighted by Crippen LogP contribution is -1.96. The van der Waals surface area contributed by atoms with Crippen LogP contribution in [0.3, 0.4) is 0 Å². The van der Waals surface area contributed by atoms with Crippen LogP contribution in [-0.2, 0) is 0 Å². The smallest absolute Gasteiger partial charge is 0.165 e. The number of methoxy groups -OCH3 is 2. The number of allylic oxidation sites excluding steroid dienone is 1. The molecule has 162 valence electrons. The van der Waals surface area contributed by atoms with Gasteiger partial charge in [0, 0.05) is 11.1 Å². The summed E-state index contributed by atoms with van der Waals surface area (Å²) in [6.45, 7) is 4.31. The molecule has 0 amide bonds. The largest absolute Gasteiger partial charge is 0.505 e. The van der Waals surface area contributed by atoms with Gasteiger partial charge in [0.1, 0.15) is 18.1 Å². The van der Waals surface area contributed by atoms with Gasteiger partial charge < -0.3 is 24.4 Å². The van der Waals surface area contributed by atoms with E-state index in [2.05, 4.69) is 0 Å². The van der Waals surface area contributed by atoms with Gasteiger partial charge in [-0.3, -0.25) is 0 Å². The van der Waals surface area contributed by atoms with Gasteiger partial charge in [0.25, 0.3) is 0 Å². The summed E-state index contributed by atoms with van der Waals surface area (Å²) in [5, 5.41) is 19.9. The van der Waals surface area contributed by atoms with E-state index in [1.54, 1.807) is 30.3 Å². The van der Waals surface area contributed by atoms with Crippen molar-refractivity contribution in [2.75, 3.05) is 20.8 Å². The Morgan fingerprint density at radius 2 is 1.39 bits per heavy atom. The SMILES string of the molecule is COc1cc(-c2ccc(O)c(F)c2)c(OC)cc1-c1ccc(OCC=C(C)C)c(O)c1. The molecule has 0 aliphatic heterocycles. The van der Waals surface area contributed by atoms with Crippen LogP contribution in [0.15, 0.2) is 60.2 Å². The van der Waals surface area contributed by atoms with Gasteiger partial charge in [-0.2, -0.15) is 0 Å². The molecule has 5 nitrogen and oxygen atoms in total. The molecule has 0 fully saturated rings. The van der Waals surface area contributed by atoms with Crippen molar-refractivity contribution in [3.63, 3.8) is 0 Å². The van der Waals surface area contributed by atoms with Crippen LogP contribution in [0.5, 0.6) is 28.7 Å². The first-order valence-corrected chi connectivity index (χ1v) is 9.68. The topological polar surface area (TPSA) is 68.2 Å². The van der Waals surface area contributed by atoms with Crippen molar-refractivity contribution in [1.82, 2.24) is 0 Å². The van der Waals surface area contributed by atoms with Crippen molar-refractivity contribution in [2.45, 2.75) is 13.8 Å². The lowest BCUT2D eigenvalue weighted by atomic mass is 9.97. The molecular weight excluding hydrogens is 399 g/mol. The second-order valence-electron chi connectivity index (χ2n) is 7.19. The highest BCUT2D eigenvalue weighted by Crippen LogP contribution is 2.43. The molecule has 0 aromatic heterocycles. The van der Waals surface area contributed by atoms with Crippen molar-refractivity contribution in [3.8, 4) is 51.0 Å². The highest BCUT2D eigenvalue weighted by molar-refractivity contribution is 5.82. The lowest BCUT2D eigenvalue weighted by Gasteiger charge is -2.16. The van der Waals surface area contributed by atoms with Crippen LogP contribution in [0.1, 0.15) is 13.8 Å². The van der Waals surface area contributed by atoms with Crippen molar-refractivity contribution in [3.05, 3.63) is 66.0 Å². The van der Waals surface area contributed by atoms with E-state index in [1.165, 1.54) is 26.4 Å². The molecule has 6 heteroatoms. The second kappa shape index (κ2) is 9.43. The third kappa shape index (κ3) is 4.91. The van der Waals surface area contributed by atoms with Crippen LogP contribution >= 0.6 is 0 Å². The molecule has 3 aromatic rings. The first-order valence-electron chi connectivity index (χ1n) is 9.68. The molecular formula is C25H25FO5. The fraction of sp³-hybridized carbons (Fsp3) is 0.200. The monoisotopic (exact) mass is 424 g/mol. The average molecular weight is 424 g/mol. The number of aromatic hydroxyl groups is 2. The van der Waals surface area contributed by atoms with E-state index in [0.717, 1.165) is 5.57 Å². The Kier molecular flexibility index (Phi) is 6.70. The van der Waals surface area contributed by atoms with E-state index in [-0.39, 0.29) is 5.75 Å². The first kappa shape index (κ1) is 22.0. The summed E-state index contributed by atoms with van der Waals surface area (Å²) in [5.41, 5.74) is 3.65. The molecule has 0 saturated heterocycles. The van der Waals surface area contributed by atoms with Gasteiger partial charge in [0.2, 0.25) is 0 Å². The Morgan fingerprint density at radius 3 is 1.90 bits per heavy atom. The maximum atomic E-state index is 13.9. The van der Waals surface area contributed by atoms with Gasteiger partial charge in [-0.25, -0.2) is 4.39 Å². The molecule has 0 unspecified atom stereocenters. The van der Waals surface area contributed by atoms with E-state index in [4.69, 9.17) is 14.2 Å². The minimum atomic E-state index is -0.726. The summed E-state index contributed by atoms with van der Waals surface area (Å²) in [5.74, 6) is 0.241. The van der Waals surface area contributed by atoms with E-state index in [1.807, 2.05) is 26.0 Å². The summed E-state index contributed by atoms with van der Waals surface area (Å²) >= 11 is 0. The van der Waals surface area contributed by atoms with Gasteiger partial charge in [-0.1, -0.05) is 17.7 Å². The summed E-state index contributed by atoms with van der Waals surface area (Å²) < 4.78 is 30.6. The maximum Gasteiger partial charge on any atom is 0.165 e. The molecule has 3 rings (SSSR count). The molecule has 0 spiro atoms. The van der Waals surface area contributed by atoms with Gasteiger partial charge in [-0.05, 0) is 67.4 Å². The number of hydrogen-bond acceptors (Lipinski definition) is 5. The summed E-state index contributed by atoms with van der Waals surface area (Å²) in [6.07, 6.45) is 1.92. The van der Waals surface area contributed by atoms with Crippen LogP contribution in [0.25, 0.3) is 22.3 Å². The summed E-state index contributed by atoms with van der Waals surface area (Å²) in [7, 11) is 3.05. The van der Waals surface area contributed by atoms with E-state index in [0.29, 0.717) is 46.1 Å². The van der Waals surface area contributed by atoms with Crippen molar-refractivity contribution < 1.29 is 28.8 Å². The van der Waals surface area contributed by atoms with Crippen LogP contribution in [0.2, 0.25) is 0 Å². The minimum absolute atomic E-state index is 0.00496. The zero-order chi connectivity index (χ0) is 22.5. The second-order valence-corrected chi connectivity index (χ2v) is 7.19. The quantitative estimate of drug-likeness (QED) is 0.460. The molecule has 31 heavy (non-hydrogen) atoms.